The summed E-state index contributed by atoms with van der Waals surface area (Å²) in [6, 6.07) is 0.323. The minimum atomic E-state index is 0.323. The molecule has 5 N–H and O–H groups in total. The van der Waals surface area contributed by atoms with Gasteiger partial charge in [0.05, 0.1) is 0 Å². The van der Waals surface area contributed by atoms with Gasteiger partial charge in [0.15, 0.2) is 0 Å². The van der Waals surface area contributed by atoms with Crippen LogP contribution in [0.5, 0.6) is 0 Å². The first-order valence-electron chi connectivity index (χ1n) is 11.5. The van der Waals surface area contributed by atoms with Crippen molar-refractivity contribution < 1.29 is 0 Å². The molecule has 0 saturated heterocycles. The number of hydrogen-bond donors (Lipinski definition) is 3. The molecule has 1 aliphatic carbocycles. The van der Waals surface area contributed by atoms with Crippen molar-refractivity contribution in [3.8, 4) is 0 Å². The molecule has 1 unspecified atom stereocenters. The molecule has 3 nitrogen and oxygen atoms in total. The highest BCUT2D eigenvalue weighted by atomic mass is 14.9. The Morgan fingerprint density at radius 3 is 1.68 bits per heavy atom. The fraction of sp³-hybridized carbons (Fsp3) is 1.00. The van der Waals surface area contributed by atoms with Gasteiger partial charge < -0.3 is 16.8 Å². The first kappa shape index (κ1) is 22.9. The highest BCUT2D eigenvalue weighted by molar-refractivity contribution is 4.67. The van der Waals surface area contributed by atoms with Gasteiger partial charge in [-0.05, 0) is 57.7 Å². The molecule has 0 heterocycles. The molecule has 25 heavy (non-hydrogen) atoms. The van der Waals surface area contributed by atoms with E-state index >= 15 is 0 Å². The molecule has 1 aliphatic rings. The Kier molecular flexibility index (Phi) is 15.9. The molecule has 0 aliphatic heterocycles. The van der Waals surface area contributed by atoms with Crippen molar-refractivity contribution in [3.63, 3.8) is 0 Å². The quantitative estimate of drug-likeness (QED) is 0.530. The number of rotatable bonds is 8. The van der Waals surface area contributed by atoms with Gasteiger partial charge in [-0.1, -0.05) is 77.0 Å². The van der Waals surface area contributed by atoms with E-state index in [9.17, 15) is 0 Å². The molecule has 150 valence electrons. The minimum Gasteiger partial charge on any atom is -0.330 e. The number of hydrogen-bond acceptors (Lipinski definition) is 3. The zero-order chi connectivity index (χ0) is 18.0. The van der Waals surface area contributed by atoms with Gasteiger partial charge in [-0.3, -0.25) is 0 Å². The van der Waals surface area contributed by atoms with Gasteiger partial charge in [0.25, 0.3) is 0 Å². The summed E-state index contributed by atoms with van der Waals surface area (Å²) in [5, 5.41) is 3.70. The lowest BCUT2D eigenvalue weighted by atomic mass is 9.94. The summed E-state index contributed by atoms with van der Waals surface area (Å²) in [4.78, 5) is 0. The van der Waals surface area contributed by atoms with Crippen LogP contribution in [0.4, 0.5) is 0 Å². The average Bonchev–Trinajstić information content (AvgIpc) is 2.63. The van der Waals surface area contributed by atoms with E-state index in [0.29, 0.717) is 6.04 Å². The largest absolute Gasteiger partial charge is 0.330 e. The van der Waals surface area contributed by atoms with Crippen molar-refractivity contribution in [2.45, 2.75) is 115 Å². The molecule has 0 bridgehead atoms. The topological polar surface area (TPSA) is 64.1 Å². The third-order valence-electron chi connectivity index (χ3n) is 5.88. The molecule has 1 atom stereocenters. The first-order chi connectivity index (χ1) is 12.3. The molecule has 3 heteroatoms. The van der Waals surface area contributed by atoms with E-state index in [-0.39, 0.29) is 0 Å². The van der Waals surface area contributed by atoms with E-state index in [1.54, 1.807) is 0 Å². The van der Waals surface area contributed by atoms with E-state index in [1.807, 2.05) is 0 Å². The lowest BCUT2D eigenvalue weighted by molar-refractivity contribution is 0.378. The monoisotopic (exact) mass is 353 g/mol. The van der Waals surface area contributed by atoms with Crippen LogP contribution >= 0.6 is 0 Å². The van der Waals surface area contributed by atoms with Crippen molar-refractivity contribution in [3.05, 3.63) is 0 Å². The molecule has 0 aromatic rings. The second-order valence-corrected chi connectivity index (χ2v) is 8.37. The van der Waals surface area contributed by atoms with E-state index in [4.69, 9.17) is 11.5 Å². The molecule has 0 radical (unpaired) electrons. The average molecular weight is 354 g/mol. The zero-order valence-corrected chi connectivity index (χ0v) is 17.0. The highest BCUT2D eigenvalue weighted by Gasteiger charge is 2.09. The summed E-state index contributed by atoms with van der Waals surface area (Å²) in [5.41, 5.74) is 11.7. The van der Waals surface area contributed by atoms with Crippen LogP contribution in [0.2, 0.25) is 0 Å². The van der Waals surface area contributed by atoms with Crippen LogP contribution in [-0.2, 0) is 0 Å². The van der Waals surface area contributed by atoms with Crippen molar-refractivity contribution in [2.24, 2.45) is 17.4 Å². The van der Waals surface area contributed by atoms with E-state index < -0.39 is 0 Å². The van der Waals surface area contributed by atoms with Crippen LogP contribution in [-0.4, -0.2) is 25.7 Å². The maximum atomic E-state index is 6.14. The Balaban J connectivity index is 2.18. The van der Waals surface area contributed by atoms with Crippen LogP contribution in [0.3, 0.4) is 0 Å². The predicted molar refractivity (Wildman–Crippen MR) is 112 cm³/mol. The second-order valence-electron chi connectivity index (χ2n) is 8.37. The van der Waals surface area contributed by atoms with Crippen LogP contribution < -0.4 is 16.8 Å². The standard InChI is InChI=1S/C22H47N3/c23-18-13-16-22(24)17-19-25-20-21-14-11-9-7-5-3-1-2-4-6-8-10-12-15-21/h21-22,25H,1-20,23-24H2. The fourth-order valence-electron chi connectivity index (χ4n) is 4.10. The lowest BCUT2D eigenvalue weighted by Crippen LogP contribution is -2.30. The van der Waals surface area contributed by atoms with Crippen molar-refractivity contribution in [1.29, 1.82) is 0 Å². The Labute approximate surface area is 158 Å². The molecule has 0 aromatic carbocycles. The third-order valence-corrected chi connectivity index (χ3v) is 5.88. The molecular weight excluding hydrogens is 306 g/mol. The molecule has 1 fully saturated rings. The normalized spacial score (nSPS) is 21.4. The van der Waals surface area contributed by atoms with Gasteiger partial charge in [-0.2, -0.15) is 0 Å². The zero-order valence-electron chi connectivity index (χ0n) is 17.0. The van der Waals surface area contributed by atoms with Crippen LogP contribution in [0.15, 0.2) is 0 Å². The maximum absolute atomic E-state index is 6.14. The fourth-order valence-corrected chi connectivity index (χ4v) is 4.10. The molecule has 1 rings (SSSR count). The Morgan fingerprint density at radius 1 is 0.720 bits per heavy atom. The van der Waals surface area contributed by atoms with E-state index in [1.165, 1.54) is 96.4 Å². The smallest absolute Gasteiger partial charge is 0.00513 e. The molecule has 0 aromatic heterocycles. The van der Waals surface area contributed by atoms with Crippen LogP contribution in [0, 0.1) is 5.92 Å². The summed E-state index contributed by atoms with van der Waals surface area (Å²) >= 11 is 0. The van der Waals surface area contributed by atoms with Gasteiger partial charge in [0, 0.05) is 6.04 Å². The number of nitrogens with two attached hydrogens (primary N) is 2. The van der Waals surface area contributed by atoms with Crippen LogP contribution in [0.1, 0.15) is 109 Å². The van der Waals surface area contributed by atoms with E-state index in [0.717, 1.165) is 38.3 Å². The second kappa shape index (κ2) is 17.3. The summed E-state index contributed by atoms with van der Waals surface area (Å²) < 4.78 is 0. The minimum absolute atomic E-state index is 0.323. The Morgan fingerprint density at radius 2 is 1.20 bits per heavy atom. The predicted octanol–water partition coefficient (Wildman–Crippen LogP) is 5.12. The van der Waals surface area contributed by atoms with Gasteiger partial charge in [-0.25, -0.2) is 0 Å². The highest BCUT2D eigenvalue weighted by Crippen LogP contribution is 2.20. The maximum Gasteiger partial charge on any atom is 0.00513 e. The summed E-state index contributed by atoms with van der Waals surface area (Å²) in [5.74, 6) is 0.880. The SMILES string of the molecule is NCCCC(N)CCNCC1CCCCCCCCCCCCCC1. The Hall–Kier alpha value is -0.120. The lowest BCUT2D eigenvalue weighted by Gasteiger charge is -2.19. The van der Waals surface area contributed by atoms with Gasteiger partial charge in [-0.15, -0.1) is 0 Å². The molecular formula is C22H47N3. The molecule has 1 saturated carbocycles. The molecule has 0 amide bonds. The van der Waals surface area contributed by atoms with Gasteiger partial charge in [0.2, 0.25) is 0 Å². The van der Waals surface area contributed by atoms with Crippen LogP contribution in [0.25, 0.3) is 0 Å². The molecule has 0 spiro atoms. The summed E-state index contributed by atoms with van der Waals surface area (Å²) in [6.07, 6.45) is 23.5. The summed E-state index contributed by atoms with van der Waals surface area (Å²) in [6.45, 7) is 3.04. The van der Waals surface area contributed by atoms with Crippen molar-refractivity contribution in [1.82, 2.24) is 5.32 Å². The van der Waals surface area contributed by atoms with Crippen molar-refractivity contribution >= 4 is 0 Å². The number of nitrogens with one attached hydrogen (secondary N) is 1. The van der Waals surface area contributed by atoms with Crippen molar-refractivity contribution in [2.75, 3.05) is 19.6 Å². The third kappa shape index (κ3) is 14.7. The van der Waals surface area contributed by atoms with E-state index in [2.05, 4.69) is 5.32 Å². The first-order valence-corrected chi connectivity index (χ1v) is 11.5. The van der Waals surface area contributed by atoms with Gasteiger partial charge in [0.1, 0.15) is 0 Å². The summed E-state index contributed by atoms with van der Waals surface area (Å²) in [7, 11) is 0. The Bertz CT molecular complexity index is 254. The van der Waals surface area contributed by atoms with Gasteiger partial charge >= 0.3 is 0 Å².